The average molecular weight is 365 g/mol. The van der Waals surface area contributed by atoms with Crippen LogP contribution in [0.15, 0.2) is 49.0 Å². The smallest absolute Gasteiger partial charge is 0.137 e. The normalized spacial score (nSPS) is 11.0. The van der Waals surface area contributed by atoms with Gasteiger partial charge in [-0.15, -0.1) is 0 Å². The SMILES string of the molecule is C=C(C)c1c(N(CC)CC)nc2c(C)cc(Cl)cc2c1-c1ccccc1. The minimum Gasteiger partial charge on any atom is -0.357 e. The Morgan fingerprint density at radius 1 is 1.12 bits per heavy atom. The number of pyridine rings is 1. The van der Waals surface area contributed by atoms with E-state index in [4.69, 9.17) is 16.6 Å². The predicted octanol–water partition coefficient (Wildman–Crippen LogP) is 6.74. The van der Waals surface area contributed by atoms with Gasteiger partial charge in [-0.1, -0.05) is 48.5 Å². The van der Waals surface area contributed by atoms with Gasteiger partial charge < -0.3 is 4.90 Å². The van der Waals surface area contributed by atoms with Gasteiger partial charge in [0.1, 0.15) is 5.82 Å². The molecule has 0 aliphatic heterocycles. The highest BCUT2D eigenvalue weighted by Gasteiger charge is 2.21. The fourth-order valence-electron chi connectivity index (χ4n) is 3.54. The van der Waals surface area contributed by atoms with Crippen molar-refractivity contribution in [1.82, 2.24) is 4.98 Å². The van der Waals surface area contributed by atoms with E-state index in [-0.39, 0.29) is 0 Å². The van der Waals surface area contributed by atoms with E-state index in [1.165, 1.54) is 0 Å². The molecule has 1 aromatic heterocycles. The standard InChI is InChI=1S/C23H25ClN2/c1-6-26(7-2)23-20(15(3)4)21(17-11-9-8-10-12-17)19-14-18(24)13-16(5)22(19)25-23/h8-14H,3,6-7H2,1-2,4-5H3. The van der Waals surface area contributed by atoms with Crippen LogP contribution < -0.4 is 4.90 Å². The monoisotopic (exact) mass is 364 g/mol. The summed E-state index contributed by atoms with van der Waals surface area (Å²) in [5.41, 5.74) is 6.53. The van der Waals surface area contributed by atoms with Crippen LogP contribution in [0.4, 0.5) is 5.82 Å². The Kier molecular flexibility index (Phi) is 5.33. The molecule has 0 aliphatic rings. The Bertz CT molecular complexity index is 957. The number of aryl methyl sites for hydroxylation is 1. The Balaban J connectivity index is 2.54. The predicted molar refractivity (Wildman–Crippen MR) is 115 cm³/mol. The van der Waals surface area contributed by atoms with E-state index < -0.39 is 0 Å². The third-order valence-electron chi connectivity index (χ3n) is 4.78. The van der Waals surface area contributed by atoms with E-state index in [0.29, 0.717) is 0 Å². The number of allylic oxidation sites excluding steroid dienone is 1. The first-order valence-electron chi connectivity index (χ1n) is 9.08. The average Bonchev–Trinajstić information content (AvgIpc) is 2.62. The van der Waals surface area contributed by atoms with Gasteiger partial charge in [-0.25, -0.2) is 4.98 Å². The van der Waals surface area contributed by atoms with Crippen LogP contribution in [0, 0.1) is 6.92 Å². The molecule has 0 amide bonds. The van der Waals surface area contributed by atoms with Gasteiger partial charge in [-0.3, -0.25) is 0 Å². The van der Waals surface area contributed by atoms with Gasteiger partial charge in [0.25, 0.3) is 0 Å². The lowest BCUT2D eigenvalue weighted by Gasteiger charge is -2.26. The number of anilines is 1. The van der Waals surface area contributed by atoms with Crippen molar-refractivity contribution in [3.8, 4) is 11.1 Å². The summed E-state index contributed by atoms with van der Waals surface area (Å²) < 4.78 is 0. The maximum atomic E-state index is 6.41. The summed E-state index contributed by atoms with van der Waals surface area (Å²) >= 11 is 6.41. The molecule has 0 radical (unpaired) electrons. The lowest BCUT2D eigenvalue weighted by Crippen LogP contribution is -2.24. The van der Waals surface area contributed by atoms with Crippen LogP contribution in [0.2, 0.25) is 5.02 Å². The second-order valence-electron chi connectivity index (χ2n) is 6.62. The number of aromatic nitrogens is 1. The molecule has 0 atom stereocenters. The number of halogens is 1. The summed E-state index contributed by atoms with van der Waals surface area (Å²) in [4.78, 5) is 7.37. The number of fused-ring (bicyclic) bond motifs is 1. The van der Waals surface area contributed by atoms with Crippen molar-refractivity contribution in [1.29, 1.82) is 0 Å². The molecule has 134 valence electrons. The molecule has 3 aromatic rings. The van der Waals surface area contributed by atoms with E-state index in [1.54, 1.807) is 0 Å². The largest absolute Gasteiger partial charge is 0.357 e. The van der Waals surface area contributed by atoms with Crippen molar-refractivity contribution in [2.45, 2.75) is 27.7 Å². The summed E-state index contributed by atoms with van der Waals surface area (Å²) in [6, 6.07) is 14.5. The van der Waals surface area contributed by atoms with E-state index >= 15 is 0 Å². The van der Waals surface area contributed by atoms with E-state index in [2.05, 4.69) is 63.4 Å². The van der Waals surface area contributed by atoms with Crippen molar-refractivity contribution >= 4 is 33.9 Å². The van der Waals surface area contributed by atoms with Gasteiger partial charge in [0.05, 0.1) is 5.52 Å². The molecular formula is C23H25ClN2. The summed E-state index contributed by atoms with van der Waals surface area (Å²) in [5.74, 6) is 0.999. The second-order valence-corrected chi connectivity index (χ2v) is 7.06. The fraction of sp³-hybridized carbons (Fsp3) is 0.261. The minimum absolute atomic E-state index is 0.734. The molecule has 3 heteroatoms. The Hall–Kier alpha value is -2.32. The third kappa shape index (κ3) is 3.22. The van der Waals surface area contributed by atoms with Crippen molar-refractivity contribution < 1.29 is 0 Å². The van der Waals surface area contributed by atoms with Gasteiger partial charge in [0.15, 0.2) is 0 Å². The highest BCUT2D eigenvalue weighted by Crippen LogP contribution is 2.41. The summed E-state index contributed by atoms with van der Waals surface area (Å²) in [7, 11) is 0. The van der Waals surface area contributed by atoms with E-state index in [9.17, 15) is 0 Å². The van der Waals surface area contributed by atoms with Crippen molar-refractivity contribution in [2.24, 2.45) is 0 Å². The maximum absolute atomic E-state index is 6.41. The van der Waals surface area contributed by atoms with Gasteiger partial charge in [-0.2, -0.15) is 0 Å². The fourth-order valence-corrected chi connectivity index (χ4v) is 3.82. The molecule has 0 aliphatic carbocycles. The molecule has 0 unspecified atom stereocenters. The first-order valence-corrected chi connectivity index (χ1v) is 9.45. The molecule has 0 spiro atoms. The number of rotatable bonds is 5. The Labute approximate surface area is 161 Å². The molecule has 0 saturated carbocycles. The number of hydrogen-bond acceptors (Lipinski definition) is 2. The molecule has 0 saturated heterocycles. The van der Waals surface area contributed by atoms with Crippen LogP contribution in [0.25, 0.3) is 27.6 Å². The molecule has 0 bridgehead atoms. The number of benzene rings is 2. The molecule has 0 fully saturated rings. The van der Waals surface area contributed by atoms with Crippen LogP contribution in [0.1, 0.15) is 31.9 Å². The molecule has 0 N–H and O–H groups in total. The molecule has 1 heterocycles. The zero-order valence-electron chi connectivity index (χ0n) is 15.9. The van der Waals surface area contributed by atoms with E-state index in [1.807, 2.05) is 18.2 Å². The van der Waals surface area contributed by atoms with Crippen molar-refractivity contribution in [2.75, 3.05) is 18.0 Å². The Morgan fingerprint density at radius 2 is 1.77 bits per heavy atom. The van der Waals surface area contributed by atoms with Gasteiger partial charge >= 0.3 is 0 Å². The van der Waals surface area contributed by atoms with Gasteiger partial charge in [-0.05, 0) is 56.5 Å². The first kappa shape index (κ1) is 18.5. The highest BCUT2D eigenvalue weighted by atomic mass is 35.5. The van der Waals surface area contributed by atoms with E-state index in [0.717, 1.165) is 62.7 Å². The second kappa shape index (κ2) is 7.51. The topological polar surface area (TPSA) is 16.1 Å². The first-order chi connectivity index (χ1) is 12.5. The zero-order valence-corrected chi connectivity index (χ0v) is 16.7. The molecule has 3 rings (SSSR count). The Morgan fingerprint density at radius 3 is 2.35 bits per heavy atom. The zero-order chi connectivity index (χ0) is 18.8. The molecule has 2 nitrogen and oxygen atoms in total. The van der Waals surface area contributed by atoms with Crippen LogP contribution in [-0.2, 0) is 0 Å². The van der Waals surface area contributed by atoms with Crippen molar-refractivity contribution in [3.05, 3.63) is 65.2 Å². The molecule has 26 heavy (non-hydrogen) atoms. The summed E-state index contributed by atoms with van der Waals surface area (Å²) in [6.07, 6.45) is 0. The van der Waals surface area contributed by atoms with Crippen LogP contribution in [0.5, 0.6) is 0 Å². The summed E-state index contributed by atoms with van der Waals surface area (Å²) in [5, 5.41) is 1.81. The van der Waals surface area contributed by atoms with Crippen molar-refractivity contribution in [3.63, 3.8) is 0 Å². The van der Waals surface area contributed by atoms with Crippen LogP contribution >= 0.6 is 11.6 Å². The summed E-state index contributed by atoms with van der Waals surface area (Å²) in [6.45, 7) is 14.5. The third-order valence-corrected chi connectivity index (χ3v) is 5.00. The van der Waals surface area contributed by atoms with Crippen LogP contribution in [-0.4, -0.2) is 18.1 Å². The van der Waals surface area contributed by atoms with Gasteiger partial charge in [0, 0.05) is 34.6 Å². The molecular weight excluding hydrogens is 340 g/mol. The minimum atomic E-state index is 0.734. The lowest BCUT2D eigenvalue weighted by molar-refractivity contribution is 0.847. The molecule has 2 aromatic carbocycles. The highest BCUT2D eigenvalue weighted by molar-refractivity contribution is 6.31. The number of nitrogens with zero attached hydrogens (tertiary/aromatic N) is 2. The van der Waals surface area contributed by atoms with Gasteiger partial charge in [0.2, 0.25) is 0 Å². The van der Waals surface area contributed by atoms with Crippen LogP contribution in [0.3, 0.4) is 0 Å². The number of hydrogen-bond donors (Lipinski definition) is 0. The maximum Gasteiger partial charge on any atom is 0.137 e. The lowest BCUT2D eigenvalue weighted by atomic mass is 9.91. The quantitative estimate of drug-likeness (QED) is 0.498.